The number of carbonyl (C=O) groups is 19. The zero-order valence-corrected chi connectivity index (χ0v) is 76.9. The number of piperidine rings is 1. The normalized spacial score (nSPS) is 17.1. The van der Waals surface area contributed by atoms with Crippen LogP contribution in [0.2, 0.25) is 0 Å². The first-order chi connectivity index (χ1) is 62.4. The number of nitrogens with one attached hydrogen (secondary N) is 7. The zero-order chi connectivity index (χ0) is 98.2. The Kier molecular flexibility index (Phi) is 47.9. The van der Waals surface area contributed by atoms with E-state index in [1.165, 1.54) is 55.5 Å². The first-order valence-corrected chi connectivity index (χ1v) is 46.3. The highest BCUT2D eigenvalue weighted by Gasteiger charge is 2.45. The van der Waals surface area contributed by atoms with Crippen LogP contribution in [-0.4, -0.2) is 261 Å². The molecule has 8 amide bonds. The molecular formula is C94H133N9O28S. The van der Waals surface area contributed by atoms with Gasteiger partial charge in [-0.05, 0) is 151 Å². The predicted molar refractivity (Wildman–Crippen MR) is 481 cm³/mol. The van der Waals surface area contributed by atoms with Crippen molar-refractivity contribution in [2.45, 2.75) is 257 Å². The number of Topliss-reactive ketones (excluding diaryl/α,β-unsaturated/α-hetero) is 8. The number of aliphatic hydroxyl groups is 4. The van der Waals surface area contributed by atoms with E-state index in [4.69, 9.17) is 5.73 Å². The lowest BCUT2D eigenvalue weighted by Gasteiger charge is -2.28. The first kappa shape index (κ1) is 111. The fourth-order valence-electron chi connectivity index (χ4n) is 16.2. The molecule has 0 aromatic heterocycles. The van der Waals surface area contributed by atoms with Gasteiger partial charge in [0, 0.05) is 94.2 Å². The lowest BCUT2D eigenvalue weighted by molar-refractivity contribution is -0.143. The van der Waals surface area contributed by atoms with Gasteiger partial charge in [-0.25, -0.2) is 0 Å². The average Bonchev–Trinajstić information content (AvgIpc) is 1.68. The number of aliphatic carboxylic acids is 3. The summed E-state index contributed by atoms with van der Waals surface area (Å²) in [4.78, 5) is 262. The topological polar surface area (TPSA) is 620 Å². The highest BCUT2D eigenvalue weighted by Crippen LogP contribution is 2.39. The molecule has 1 aliphatic carbocycles. The number of unbranched alkanes of at least 4 members (excludes halogenated alkanes) is 1. The van der Waals surface area contributed by atoms with Crippen molar-refractivity contribution in [3.63, 3.8) is 0 Å². The Labute approximate surface area is 772 Å². The highest BCUT2D eigenvalue weighted by atomic mass is 32.2. The lowest BCUT2D eigenvalue weighted by Crippen LogP contribution is -2.52. The summed E-state index contributed by atoms with van der Waals surface area (Å²) in [5.41, 5.74) is 6.78. The third-order valence-electron chi connectivity index (χ3n) is 24.0. The Morgan fingerprint density at radius 1 is 0.455 bits per heavy atom. The van der Waals surface area contributed by atoms with Gasteiger partial charge in [-0.3, -0.25) is 91.1 Å². The molecule has 728 valence electrons. The molecule has 2 fully saturated rings. The molecule has 132 heavy (non-hydrogen) atoms. The van der Waals surface area contributed by atoms with Crippen LogP contribution in [0.4, 0.5) is 0 Å². The number of ketones is 8. The van der Waals surface area contributed by atoms with Gasteiger partial charge in [-0.15, -0.1) is 11.8 Å². The summed E-state index contributed by atoms with van der Waals surface area (Å²) in [6.07, 6.45) is -6.72. The maximum Gasteiger partial charge on any atom is 0.304 e. The molecule has 1 saturated heterocycles. The summed E-state index contributed by atoms with van der Waals surface area (Å²) >= 11 is 1.02. The van der Waals surface area contributed by atoms with Gasteiger partial charge >= 0.3 is 17.9 Å². The van der Waals surface area contributed by atoms with Crippen molar-refractivity contribution in [3.8, 4) is 11.5 Å². The summed E-state index contributed by atoms with van der Waals surface area (Å²) in [5.74, 6) is -29.4. The Balaban J connectivity index is 1.28. The number of nitrogens with two attached hydrogens (primary N) is 1. The van der Waals surface area contributed by atoms with Crippen LogP contribution in [0.15, 0.2) is 78.9 Å². The number of hydrogen-bond donors (Lipinski definition) is 17. The van der Waals surface area contributed by atoms with Crippen LogP contribution in [-0.2, 0) is 110 Å². The number of aliphatic hydroxyl groups excluding tert-OH is 4. The van der Waals surface area contributed by atoms with E-state index >= 15 is 0 Å². The van der Waals surface area contributed by atoms with E-state index in [0.717, 1.165) is 37.9 Å². The summed E-state index contributed by atoms with van der Waals surface area (Å²) in [7, 11) is 0. The van der Waals surface area contributed by atoms with Gasteiger partial charge in [-0.2, -0.15) is 0 Å². The van der Waals surface area contributed by atoms with Crippen molar-refractivity contribution in [1.82, 2.24) is 42.1 Å². The fraction of sp³-hybridized carbons (Fsp3) is 0.606. The van der Waals surface area contributed by atoms with Crippen LogP contribution in [0, 0.1) is 59.2 Å². The quantitative estimate of drug-likeness (QED) is 0.0361. The van der Waals surface area contributed by atoms with E-state index in [0.29, 0.717) is 49.9 Å². The number of benzene rings is 3. The second-order valence-electron chi connectivity index (χ2n) is 35.4. The van der Waals surface area contributed by atoms with E-state index < -0.39 is 280 Å². The molecule has 37 nitrogen and oxygen atoms in total. The summed E-state index contributed by atoms with van der Waals surface area (Å²) in [6.45, 7) is 8.66. The number of phenols is 2. The summed E-state index contributed by atoms with van der Waals surface area (Å²) in [6, 6.07) is 10.7. The SMILES string of the molecule is CC[C@H](C)[C@H](NC(=O)[C@H](CO)CC(=O)[C@H](Cc1ccc(O)cc1)NC(=O)[C@H](CC(=O)O)CC(=O)[C@H](CO)NC(=O)[C@@H](CC(=O)[C@H](Cc1ccccc1)NC(=O)[C@@H](CC(=O)CNC(=O)[C@H](CCC(=O)O)CC(=O)CSCC(=O)CCCN1C(=O)[C@H]2CC[C@@H]1C2)[C@@H](C)O)[C@@H](C)O)C(=O)C[C@@H](Cc1ccc(O)cc1)C(=O)N[C@@H](CC(C)C)C(=O)C[C@@H](CC(=O)O)C(=O)N[C@H](C)CCCCN. The second kappa shape index (κ2) is 56.7. The Hall–Kier alpha value is -11.1. The maximum atomic E-state index is 14.9. The van der Waals surface area contributed by atoms with Crippen LogP contribution in [0.3, 0.4) is 0 Å². The van der Waals surface area contributed by atoms with Crippen LogP contribution in [0.25, 0.3) is 0 Å². The summed E-state index contributed by atoms with van der Waals surface area (Å²) < 4.78 is 0. The van der Waals surface area contributed by atoms with Crippen LogP contribution >= 0.6 is 11.8 Å². The van der Waals surface area contributed by atoms with Gasteiger partial charge in [0.05, 0.1) is 110 Å². The van der Waals surface area contributed by atoms with Crippen molar-refractivity contribution in [1.29, 1.82) is 0 Å². The molecule has 38 heteroatoms. The molecule has 2 aliphatic rings. The van der Waals surface area contributed by atoms with E-state index in [1.807, 2.05) is 4.90 Å². The Bertz CT molecular complexity index is 4430. The van der Waals surface area contributed by atoms with E-state index in [9.17, 15) is 137 Å². The van der Waals surface area contributed by atoms with Crippen molar-refractivity contribution in [2.24, 2.45) is 64.9 Å². The Morgan fingerprint density at radius 2 is 0.939 bits per heavy atom. The number of fused-ring (bicyclic) bond motifs is 2. The predicted octanol–water partition coefficient (Wildman–Crippen LogP) is 3.07. The molecule has 18 N–H and O–H groups in total. The number of nitrogens with zero attached hydrogens (tertiary/aromatic N) is 1. The fourth-order valence-corrected chi connectivity index (χ4v) is 17.0. The smallest absolute Gasteiger partial charge is 0.304 e. The van der Waals surface area contributed by atoms with Crippen LogP contribution < -0.4 is 43.0 Å². The molecule has 1 saturated carbocycles. The molecule has 0 unspecified atom stereocenters. The average molecular weight is 1870 g/mol. The Morgan fingerprint density at radius 3 is 1.46 bits per heavy atom. The largest absolute Gasteiger partial charge is 0.508 e. The van der Waals surface area contributed by atoms with Gasteiger partial charge in [0.15, 0.2) is 34.7 Å². The molecule has 3 aromatic rings. The number of thioether (sulfide) groups is 1. The minimum Gasteiger partial charge on any atom is -0.508 e. The third kappa shape index (κ3) is 38.6. The molecule has 1 heterocycles. The van der Waals surface area contributed by atoms with Crippen molar-refractivity contribution in [2.75, 3.05) is 44.4 Å². The van der Waals surface area contributed by atoms with Crippen molar-refractivity contribution in [3.05, 3.63) is 95.6 Å². The van der Waals surface area contributed by atoms with Crippen LogP contribution in [0.5, 0.6) is 11.5 Å². The number of carbonyl (C=O) groups excluding carboxylic acids is 16. The molecule has 2 bridgehead atoms. The lowest BCUT2D eigenvalue weighted by atomic mass is 9.85. The monoisotopic (exact) mass is 1870 g/mol. The third-order valence-corrected chi connectivity index (χ3v) is 25.1. The number of amides is 8. The van der Waals surface area contributed by atoms with Gasteiger partial charge in [-0.1, -0.05) is 95.1 Å². The van der Waals surface area contributed by atoms with Gasteiger partial charge in [0.25, 0.3) is 0 Å². The number of rotatable bonds is 67. The number of carboxylic acids is 3. The number of aromatic hydroxyl groups is 2. The minimum absolute atomic E-state index is 0.0189. The van der Waals surface area contributed by atoms with Gasteiger partial charge < -0.3 is 93.8 Å². The van der Waals surface area contributed by atoms with Crippen molar-refractivity contribution < 1.29 is 137 Å². The summed E-state index contributed by atoms with van der Waals surface area (Å²) in [5, 5.41) is 111. The van der Waals surface area contributed by atoms with Gasteiger partial charge in [0.2, 0.25) is 47.3 Å². The molecule has 3 aromatic carbocycles. The number of carboxylic acid groups (broad SMARTS) is 3. The molecule has 18 atom stereocenters. The molecule has 0 radical (unpaired) electrons. The van der Waals surface area contributed by atoms with E-state index in [2.05, 4.69) is 37.2 Å². The minimum atomic E-state index is -1.99. The number of hydrogen-bond acceptors (Lipinski definition) is 27. The maximum absolute atomic E-state index is 14.9. The molecule has 0 spiro atoms. The molecule has 5 rings (SSSR count). The zero-order valence-electron chi connectivity index (χ0n) is 76.1. The molecular weight excluding hydrogens is 1740 g/mol. The molecule has 1 aliphatic heterocycles. The standard InChI is InChI=1S/C94H133N9O28S/c1-8-53(4)86(82(117)41-62(34-58-19-26-67(108)27-20-58)89(126)98-74(33-52(2)3)78(113)39-63(43-84(120)121)88(125)97-54(5)15-12-13-31-95)102-91(128)65(48-104)42-79(114)75(36-59-21-28-68(109)29-22-59)99-90(127)64(44-85(122)123)40-80(115)77(49-105)101-93(130)73(56(7)107)46-81(116)76(35-57-16-10-9-11-17-57)100-92(129)72(55(6)106)45-70(111)47-96-87(124)60(24-30-83(118)119)38-71(112)51-132-50-69(110)18-14-32-103-66-25-23-61(37-66)94(103)131/h9-11,16-17,19-22,26-29,52-56,60-66,72-77,86,104-109H,8,12-15,18,23-25,30-51,95H2,1-7H3,(H,96,124)(H,97,125)(H,98,126)(H,99,127)(H,100,129)(H,101,130)(H,102,128)(H,118,119)(H,120,121)(H,122,123)/t53-,54+,55+,56+,60+,61-,62+,63-,64-,65-,66+,72-,73-,74-,75-,76-,77-,86-/m0/s1. The van der Waals surface area contributed by atoms with Crippen LogP contribution in [0.1, 0.15) is 200 Å². The number of phenolic OH excluding ortho intramolecular Hbond substituents is 2. The first-order valence-electron chi connectivity index (χ1n) is 45.1. The van der Waals surface area contributed by atoms with E-state index in [1.54, 1.807) is 65.0 Å². The van der Waals surface area contributed by atoms with Crippen molar-refractivity contribution >= 4 is 123 Å². The number of likely N-dealkylation sites (tertiary alicyclic amines) is 1. The van der Waals surface area contributed by atoms with Gasteiger partial charge in [0.1, 0.15) is 29.1 Å². The van der Waals surface area contributed by atoms with E-state index in [-0.39, 0.29) is 103 Å². The highest BCUT2D eigenvalue weighted by molar-refractivity contribution is 8.00. The second-order valence-corrected chi connectivity index (χ2v) is 36.4.